The normalized spacial score (nSPS) is 21.6. The summed E-state index contributed by atoms with van der Waals surface area (Å²) in [5.41, 5.74) is 0.187. The third kappa shape index (κ3) is 3.56. The first-order valence-electron chi connectivity index (χ1n) is 5.61. The summed E-state index contributed by atoms with van der Waals surface area (Å²) in [6, 6.07) is 0. The molecule has 3 nitrogen and oxygen atoms in total. The molecule has 1 rings (SSSR count). The summed E-state index contributed by atoms with van der Waals surface area (Å²) in [5, 5.41) is 3.43. The van der Waals surface area contributed by atoms with Crippen molar-refractivity contribution in [3.63, 3.8) is 0 Å². The van der Waals surface area contributed by atoms with Crippen molar-refractivity contribution in [1.82, 2.24) is 10.2 Å². The number of hydrogen-bond acceptors (Lipinski definition) is 3. The predicted octanol–water partition coefficient (Wildman–Crippen LogP) is 1.10. The van der Waals surface area contributed by atoms with Gasteiger partial charge < -0.3 is 10.1 Å². The fourth-order valence-electron chi connectivity index (χ4n) is 2.08. The standard InChI is InChI=1S/C11H24N2O/c1-11(2,10-14-3)13-8-4-6-12-7-5-9-13/h12H,4-10H2,1-3H3. The lowest BCUT2D eigenvalue weighted by atomic mass is 10.0. The zero-order valence-corrected chi connectivity index (χ0v) is 9.81. The van der Waals surface area contributed by atoms with Crippen LogP contribution >= 0.6 is 0 Å². The molecule has 0 radical (unpaired) electrons. The highest BCUT2D eigenvalue weighted by Gasteiger charge is 2.26. The van der Waals surface area contributed by atoms with E-state index in [4.69, 9.17) is 4.74 Å². The molecule has 84 valence electrons. The zero-order chi connectivity index (χ0) is 10.4. The topological polar surface area (TPSA) is 24.5 Å². The van der Waals surface area contributed by atoms with Crippen LogP contribution in [-0.4, -0.2) is 50.3 Å². The first kappa shape index (κ1) is 12.0. The van der Waals surface area contributed by atoms with Gasteiger partial charge in [0, 0.05) is 12.6 Å². The summed E-state index contributed by atoms with van der Waals surface area (Å²) in [4.78, 5) is 2.55. The lowest BCUT2D eigenvalue weighted by Crippen LogP contribution is -2.50. The maximum atomic E-state index is 5.27. The van der Waals surface area contributed by atoms with Crippen LogP contribution in [0.1, 0.15) is 26.7 Å². The van der Waals surface area contributed by atoms with Gasteiger partial charge in [-0.2, -0.15) is 0 Å². The number of methoxy groups -OCH3 is 1. The Morgan fingerprint density at radius 2 is 1.79 bits per heavy atom. The minimum absolute atomic E-state index is 0.187. The van der Waals surface area contributed by atoms with Crippen LogP contribution in [0.3, 0.4) is 0 Å². The van der Waals surface area contributed by atoms with E-state index < -0.39 is 0 Å². The van der Waals surface area contributed by atoms with Crippen LogP contribution in [0.4, 0.5) is 0 Å². The van der Waals surface area contributed by atoms with Gasteiger partial charge in [0.15, 0.2) is 0 Å². The minimum atomic E-state index is 0.187. The second kappa shape index (κ2) is 5.69. The molecule has 1 heterocycles. The first-order chi connectivity index (χ1) is 6.67. The highest BCUT2D eigenvalue weighted by atomic mass is 16.5. The van der Waals surface area contributed by atoms with Crippen molar-refractivity contribution in [3.8, 4) is 0 Å². The van der Waals surface area contributed by atoms with Crippen molar-refractivity contribution < 1.29 is 4.74 Å². The van der Waals surface area contributed by atoms with Gasteiger partial charge in [-0.1, -0.05) is 0 Å². The Bertz CT molecular complexity index is 151. The highest BCUT2D eigenvalue weighted by Crippen LogP contribution is 2.16. The fraction of sp³-hybridized carbons (Fsp3) is 1.00. The number of rotatable bonds is 3. The molecule has 0 spiro atoms. The Hall–Kier alpha value is -0.120. The summed E-state index contributed by atoms with van der Waals surface area (Å²) < 4.78 is 5.27. The van der Waals surface area contributed by atoms with Crippen LogP contribution in [0.25, 0.3) is 0 Å². The van der Waals surface area contributed by atoms with E-state index in [-0.39, 0.29) is 5.54 Å². The summed E-state index contributed by atoms with van der Waals surface area (Å²) in [6.07, 6.45) is 2.49. The third-order valence-electron chi connectivity index (χ3n) is 2.92. The second-order valence-electron chi connectivity index (χ2n) is 4.69. The van der Waals surface area contributed by atoms with Crippen molar-refractivity contribution >= 4 is 0 Å². The Labute approximate surface area is 87.8 Å². The van der Waals surface area contributed by atoms with E-state index in [0.717, 1.165) is 19.7 Å². The molecule has 0 atom stereocenters. The molecule has 0 saturated carbocycles. The predicted molar refractivity (Wildman–Crippen MR) is 59.6 cm³/mol. The van der Waals surface area contributed by atoms with E-state index >= 15 is 0 Å². The Balaban J connectivity index is 2.45. The Morgan fingerprint density at radius 3 is 2.29 bits per heavy atom. The average Bonchev–Trinajstić information content (AvgIpc) is 2.01. The monoisotopic (exact) mass is 200 g/mol. The molecular formula is C11H24N2O. The fourth-order valence-corrected chi connectivity index (χ4v) is 2.08. The van der Waals surface area contributed by atoms with Gasteiger partial charge in [0.1, 0.15) is 0 Å². The molecule has 3 heteroatoms. The summed E-state index contributed by atoms with van der Waals surface area (Å²) in [6.45, 7) is 10.0. The molecule has 0 unspecified atom stereocenters. The van der Waals surface area contributed by atoms with Crippen LogP contribution < -0.4 is 5.32 Å². The van der Waals surface area contributed by atoms with Crippen molar-refractivity contribution in [2.24, 2.45) is 0 Å². The van der Waals surface area contributed by atoms with Crippen molar-refractivity contribution in [1.29, 1.82) is 0 Å². The molecule has 0 bridgehead atoms. The molecule has 0 aromatic rings. The van der Waals surface area contributed by atoms with Crippen LogP contribution in [0, 0.1) is 0 Å². The lowest BCUT2D eigenvalue weighted by molar-refractivity contribution is 0.0299. The van der Waals surface area contributed by atoms with E-state index in [1.54, 1.807) is 7.11 Å². The minimum Gasteiger partial charge on any atom is -0.383 e. The molecule has 0 aromatic carbocycles. The molecule has 0 aromatic heterocycles. The van der Waals surface area contributed by atoms with Gasteiger partial charge >= 0.3 is 0 Å². The first-order valence-corrected chi connectivity index (χ1v) is 5.61. The zero-order valence-electron chi connectivity index (χ0n) is 9.81. The number of ether oxygens (including phenoxy) is 1. The molecule has 1 aliphatic heterocycles. The van der Waals surface area contributed by atoms with Crippen molar-refractivity contribution in [3.05, 3.63) is 0 Å². The SMILES string of the molecule is COCC(C)(C)N1CCCNCCC1. The van der Waals surface area contributed by atoms with Gasteiger partial charge in [-0.3, -0.25) is 4.90 Å². The summed E-state index contributed by atoms with van der Waals surface area (Å²) in [7, 11) is 1.79. The second-order valence-corrected chi connectivity index (χ2v) is 4.69. The average molecular weight is 200 g/mol. The molecule has 1 aliphatic rings. The van der Waals surface area contributed by atoms with Gasteiger partial charge in [-0.25, -0.2) is 0 Å². The lowest BCUT2D eigenvalue weighted by Gasteiger charge is -2.39. The van der Waals surface area contributed by atoms with Crippen LogP contribution in [0.2, 0.25) is 0 Å². The molecule has 0 aliphatic carbocycles. The number of hydrogen-bond donors (Lipinski definition) is 1. The third-order valence-corrected chi connectivity index (χ3v) is 2.92. The van der Waals surface area contributed by atoms with Gasteiger partial charge in [0.25, 0.3) is 0 Å². The molecule has 1 fully saturated rings. The van der Waals surface area contributed by atoms with Crippen molar-refractivity contribution in [2.45, 2.75) is 32.2 Å². The number of nitrogens with one attached hydrogen (secondary N) is 1. The molecular weight excluding hydrogens is 176 g/mol. The van der Waals surface area contributed by atoms with Crippen LogP contribution in [-0.2, 0) is 4.74 Å². The molecule has 14 heavy (non-hydrogen) atoms. The molecule has 1 N–H and O–H groups in total. The van der Waals surface area contributed by atoms with E-state index in [0.29, 0.717) is 0 Å². The maximum Gasteiger partial charge on any atom is 0.0641 e. The Morgan fingerprint density at radius 1 is 1.21 bits per heavy atom. The highest BCUT2D eigenvalue weighted by molar-refractivity contribution is 4.82. The maximum absolute atomic E-state index is 5.27. The number of nitrogens with zero attached hydrogens (tertiary/aromatic N) is 1. The van der Waals surface area contributed by atoms with Crippen LogP contribution in [0.15, 0.2) is 0 Å². The molecule has 0 amide bonds. The van der Waals surface area contributed by atoms with E-state index in [2.05, 4.69) is 24.1 Å². The van der Waals surface area contributed by atoms with Gasteiger partial charge in [-0.05, 0) is 52.9 Å². The largest absolute Gasteiger partial charge is 0.383 e. The smallest absolute Gasteiger partial charge is 0.0641 e. The van der Waals surface area contributed by atoms with Crippen molar-refractivity contribution in [2.75, 3.05) is 39.9 Å². The van der Waals surface area contributed by atoms with E-state index in [1.807, 2.05) is 0 Å². The summed E-state index contributed by atoms with van der Waals surface area (Å²) in [5.74, 6) is 0. The van der Waals surface area contributed by atoms with Gasteiger partial charge in [0.05, 0.1) is 6.61 Å². The van der Waals surface area contributed by atoms with Gasteiger partial charge in [-0.15, -0.1) is 0 Å². The van der Waals surface area contributed by atoms with E-state index in [1.165, 1.54) is 25.9 Å². The van der Waals surface area contributed by atoms with Gasteiger partial charge in [0.2, 0.25) is 0 Å². The quantitative estimate of drug-likeness (QED) is 0.738. The molecule has 1 saturated heterocycles. The van der Waals surface area contributed by atoms with Crippen LogP contribution in [0.5, 0.6) is 0 Å². The van der Waals surface area contributed by atoms with E-state index in [9.17, 15) is 0 Å². The Kier molecular flexibility index (Phi) is 4.85. The summed E-state index contributed by atoms with van der Waals surface area (Å²) >= 11 is 0.